The minimum absolute atomic E-state index is 0.0615. The molecule has 1 aliphatic heterocycles. The van der Waals surface area contributed by atoms with Crippen LogP contribution in [0.2, 0.25) is 0 Å². The smallest absolute Gasteiger partial charge is 0.387 e. The Morgan fingerprint density at radius 2 is 1.84 bits per heavy atom. The first kappa shape index (κ1) is 22.5. The number of urea groups is 1. The summed E-state index contributed by atoms with van der Waals surface area (Å²) in [6.07, 6.45) is 0.913. The number of rotatable bonds is 8. The van der Waals surface area contributed by atoms with Gasteiger partial charge >= 0.3 is 12.6 Å². The highest BCUT2D eigenvalue weighted by Gasteiger charge is 2.49. The van der Waals surface area contributed by atoms with E-state index in [2.05, 4.69) is 10.1 Å². The number of alkyl halides is 2. The van der Waals surface area contributed by atoms with E-state index < -0.39 is 24.1 Å². The molecule has 3 rings (SSSR count). The Morgan fingerprint density at radius 1 is 1.19 bits per heavy atom. The molecule has 1 aromatic heterocycles. The molecular weight excluding hydrogens is 408 g/mol. The number of carbonyl (C=O) groups is 3. The SMILES string of the molecule is CCCn1c(C)cc(C(=O)CN2C(=O)NC(C)(c3ccc(OC(F)F)cc3)C2=O)c1C. The monoisotopic (exact) mass is 433 g/mol. The molecule has 2 aromatic rings. The molecule has 1 saturated heterocycles. The van der Waals surface area contributed by atoms with Crippen molar-refractivity contribution in [1.29, 1.82) is 0 Å². The number of imide groups is 1. The highest BCUT2D eigenvalue weighted by atomic mass is 19.3. The van der Waals surface area contributed by atoms with Crippen molar-refractivity contribution in [2.45, 2.75) is 52.8 Å². The largest absolute Gasteiger partial charge is 0.435 e. The van der Waals surface area contributed by atoms with Gasteiger partial charge in [-0.2, -0.15) is 8.78 Å². The zero-order valence-electron chi connectivity index (χ0n) is 17.9. The van der Waals surface area contributed by atoms with Crippen LogP contribution < -0.4 is 10.1 Å². The second kappa shape index (κ2) is 8.49. The van der Waals surface area contributed by atoms with Crippen LogP contribution in [0.1, 0.15) is 47.6 Å². The summed E-state index contributed by atoms with van der Waals surface area (Å²) < 4.78 is 31.0. The standard InChI is InChI=1S/C22H25F2N3O4/c1-5-10-26-13(2)11-17(14(26)3)18(28)12-27-19(29)22(4,25-21(27)30)15-6-8-16(9-7-15)31-20(23)24/h6-9,11,20H,5,10,12H2,1-4H3,(H,25,30). The second-order valence-corrected chi connectivity index (χ2v) is 7.71. The molecule has 31 heavy (non-hydrogen) atoms. The van der Waals surface area contributed by atoms with Gasteiger partial charge in [0.2, 0.25) is 0 Å². The van der Waals surface area contributed by atoms with Gasteiger partial charge in [0.05, 0.1) is 6.54 Å². The molecule has 2 heterocycles. The second-order valence-electron chi connectivity index (χ2n) is 7.71. The molecule has 0 spiro atoms. The lowest BCUT2D eigenvalue weighted by atomic mass is 9.92. The van der Waals surface area contributed by atoms with E-state index >= 15 is 0 Å². The molecule has 1 aliphatic rings. The maximum atomic E-state index is 13.1. The molecule has 3 amide bonds. The van der Waals surface area contributed by atoms with Crippen molar-refractivity contribution >= 4 is 17.7 Å². The number of amides is 3. The Labute approximate surface area is 179 Å². The first-order valence-corrected chi connectivity index (χ1v) is 9.97. The van der Waals surface area contributed by atoms with Crippen LogP contribution in [-0.2, 0) is 16.9 Å². The molecule has 0 bridgehead atoms. The lowest BCUT2D eigenvalue weighted by Gasteiger charge is -2.22. The van der Waals surface area contributed by atoms with Gasteiger partial charge in [0.25, 0.3) is 5.91 Å². The molecule has 9 heteroatoms. The molecule has 1 atom stereocenters. The summed E-state index contributed by atoms with van der Waals surface area (Å²) in [5, 5.41) is 2.61. The fraction of sp³-hybridized carbons (Fsp3) is 0.409. The molecule has 166 valence electrons. The Bertz CT molecular complexity index is 1020. The van der Waals surface area contributed by atoms with Crippen LogP contribution in [-0.4, -0.2) is 40.3 Å². The van der Waals surface area contributed by atoms with Crippen LogP contribution >= 0.6 is 0 Å². The topological polar surface area (TPSA) is 80.6 Å². The fourth-order valence-corrected chi connectivity index (χ4v) is 3.89. The third-order valence-electron chi connectivity index (χ3n) is 5.55. The Morgan fingerprint density at radius 3 is 2.42 bits per heavy atom. The van der Waals surface area contributed by atoms with Gasteiger partial charge in [-0.05, 0) is 51.0 Å². The highest BCUT2D eigenvalue weighted by molar-refractivity contribution is 6.11. The van der Waals surface area contributed by atoms with Crippen LogP contribution in [0.4, 0.5) is 13.6 Å². The zero-order valence-corrected chi connectivity index (χ0v) is 17.9. The molecule has 0 saturated carbocycles. The molecular formula is C22H25F2N3O4. The minimum atomic E-state index is -2.96. The summed E-state index contributed by atoms with van der Waals surface area (Å²) in [5.41, 5.74) is 1.20. The average molecular weight is 433 g/mol. The molecule has 0 aliphatic carbocycles. The maximum absolute atomic E-state index is 13.1. The average Bonchev–Trinajstić information content (AvgIpc) is 3.11. The number of nitrogens with one attached hydrogen (secondary N) is 1. The van der Waals surface area contributed by atoms with Crippen molar-refractivity contribution in [3.63, 3.8) is 0 Å². The highest BCUT2D eigenvalue weighted by Crippen LogP contribution is 2.30. The number of Topliss-reactive ketones (excluding diaryl/α,β-unsaturated/α-hetero) is 1. The number of nitrogens with zero attached hydrogens (tertiary/aromatic N) is 2. The number of carbonyl (C=O) groups excluding carboxylic acids is 3. The van der Waals surface area contributed by atoms with Crippen LogP contribution in [0.15, 0.2) is 30.3 Å². The van der Waals surface area contributed by atoms with Gasteiger partial charge in [-0.15, -0.1) is 0 Å². The lowest BCUT2D eigenvalue weighted by Crippen LogP contribution is -2.41. The van der Waals surface area contributed by atoms with Crippen LogP contribution in [0.25, 0.3) is 0 Å². The van der Waals surface area contributed by atoms with Crippen molar-refractivity contribution in [3.8, 4) is 5.75 Å². The Hall–Kier alpha value is -3.23. The molecule has 0 radical (unpaired) electrons. The van der Waals surface area contributed by atoms with Crippen molar-refractivity contribution in [2.24, 2.45) is 0 Å². The van der Waals surface area contributed by atoms with Crippen molar-refractivity contribution < 1.29 is 27.9 Å². The van der Waals surface area contributed by atoms with E-state index in [9.17, 15) is 23.2 Å². The number of hydrogen-bond donors (Lipinski definition) is 1. The van der Waals surface area contributed by atoms with E-state index in [1.807, 2.05) is 25.3 Å². The number of halogens is 2. The quantitative estimate of drug-likeness (QED) is 0.508. The number of ether oxygens (including phenoxy) is 1. The minimum Gasteiger partial charge on any atom is -0.435 e. The number of hydrogen-bond acceptors (Lipinski definition) is 4. The summed E-state index contributed by atoms with van der Waals surface area (Å²) >= 11 is 0. The summed E-state index contributed by atoms with van der Waals surface area (Å²) in [6, 6.07) is 6.54. The number of aryl methyl sites for hydroxylation is 1. The molecule has 1 aromatic carbocycles. The van der Waals surface area contributed by atoms with Gasteiger partial charge in [0, 0.05) is 23.5 Å². The molecule has 1 N–H and O–H groups in total. The third kappa shape index (κ3) is 4.17. The summed E-state index contributed by atoms with van der Waals surface area (Å²) in [4.78, 5) is 39.4. The maximum Gasteiger partial charge on any atom is 0.387 e. The first-order chi connectivity index (χ1) is 14.6. The van der Waals surface area contributed by atoms with Crippen molar-refractivity contribution in [2.75, 3.05) is 6.54 Å². The molecule has 1 unspecified atom stereocenters. The summed E-state index contributed by atoms with van der Waals surface area (Å²) in [5.74, 6) is -0.978. The third-order valence-corrected chi connectivity index (χ3v) is 5.55. The molecule has 7 nitrogen and oxygen atoms in total. The van der Waals surface area contributed by atoms with Crippen LogP contribution in [0, 0.1) is 13.8 Å². The number of aromatic nitrogens is 1. The van der Waals surface area contributed by atoms with Gasteiger partial charge in [-0.3, -0.25) is 14.5 Å². The van der Waals surface area contributed by atoms with Crippen LogP contribution in [0.5, 0.6) is 5.75 Å². The Kier molecular flexibility index (Phi) is 6.15. The normalized spacial score (nSPS) is 18.6. The van der Waals surface area contributed by atoms with Crippen molar-refractivity contribution in [1.82, 2.24) is 14.8 Å². The summed E-state index contributed by atoms with van der Waals surface area (Å²) in [6.45, 7) is 4.73. The van der Waals surface area contributed by atoms with E-state index in [-0.39, 0.29) is 18.1 Å². The van der Waals surface area contributed by atoms with Gasteiger partial charge in [0.1, 0.15) is 11.3 Å². The van der Waals surface area contributed by atoms with Gasteiger partial charge in [0.15, 0.2) is 5.78 Å². The fourth-order valence-electron chi connectivity index (χ4n) is 3.89. The number of benzene rings is 1. The van der Waals surface area contributed by atoms with Gasteiger partial charge in [-0.1, -0.05) is 19.1 Å². The summed E-state index contributed by atoms with van der Waals surface area (Å²) in [7, 11) is 0. The Balaban J connectivity index is 1.80. The van der Waals surface area contributed by atoms with E-state index in [0.29, 0.717) is 11.1 Å². The predicted octanol–water partition coefficient (Wildman–Crippen LogP) is 3.77. The van der Waals surface area contributed by atoms with E-state index in [4.69, 9.17) is 0 Å². The molecule has 1 fully saturated rings. The zero-order chi connectivity index (χ0) is 22.9. The van der Waals surface area contributed by atoms with Crippen LogP contribution in [0.3, 0.4) is 0 Å². The van der Waals surface area contributed by atoms with Crippen molar-refractivity contribution in [3.05, 3.63) is 52.8 Å². The first-order valence-electron chi connectivity index (χ1n) is 9.97. The predicted molar refractivity (Wildman–Crippen MR) is 109 cm³/mol. The van der Waals surface area contributed by atoms with E-state index in [1.165, 1.54) is 31.2 Å². The number of ketones is 1. The lowest BCUT2D eigenvalue weighted by molar-refractivity contribution is -0.130. The van der Waals surface area contributed by atoms with Gasteiger partial charge < -0.3 is 14.6 Å². The van der Waals surface area contributed by atoms with Gasteiger partial charge in [-0.25, -0.2) is 4.79 Å². The van der Waals surface area contributed by atoms with E-state index in [1.54, 1.807) is 6.07 Å². The van der Waals surface area contributed by atoms with E-state index in [0.717, 1.165) is 29.3 Å².